The van der Waals surface area contributed by atoms with Crippen LogP contribution in [0, 0.1) is 0 Å². The lowest BCUT2D eigenvalue weighted by molar-refractivity contribution is 0.0746. The summed E-state index contributed by atoms with van der Waals surface area (Å²) in [7, 11) is 1.64. The molecule has 0 fully saturated rings. The fraction of sp³-hybridized carbons (Fsp3) is 0.227. The van der Waals surface area contributed by atoms with E-state index in [0.717, 1.165) is 16.9 Å². The molecule has 0 aliphatic rings. The van der Waals surface area contributed by atoms with Gasteiger partial charge in [0, 0.05) is 25.8 Å². The molecule has 0 bridgehead atoms. The van der Waals surface area contributed by atoms with Gasteiger partial charge >= 0.3 is 0 Å². The largest absolute Gasteiger partial charge is 0.497 e. The van der Waals surface area contributed by atoms with Gasteiger partial charge in [0.1, 0.15) is 11.4 Å². The second kappa shape index (κ2) is 9.50. The molecule has 1 aromatic heterocycles. The molecule has 3 aromatic rings. The molecule has 0 spiro atoms. The number of ether oxygens (including phenoxy) is 1. The van der Waals surface area contributed by atoms with Crippen molar-refractivity contribution < 1.29 is 9.53 Å². The van der Waals surface area contributed by atoms with Crippen LogP contribution in [0.1, 0.15) is 28.5 Å². The monoisotopic (exact) mass is 376 g/mol. The summed E-state index contributed by atoms with van der Waals surface area (Å²) in [6, 6.07) is 19.3. The van der Waals surface area contributed by atoms with Crippen molar-refractivity contribution >= 4 is 11.9 Å². The fourth-order valence-electron chi connectivity index (χ4n) is 2.78. The minimum absolute atomic E-state index is 0.110. The van der Waals surface area contributed by atoms with Crippen LogP contribution in [-0.2, 0) is 13.1 Å². The number of nitrogens with zero attached hydrogens (tertiary/aromatic N) is 3. The summed E-state index contributed by atoms with van der Waals surface area (Å²) >= 11 is 0. The summed E-state index contributed by atoms with van der Waals surface area (Å²) in [5, 5.41) is 3.17. The van der Waals surface area contributed by atoms with Crippen LogP contribution < -0.4 is 10.1 Å². The molecular weight excluding hydrogens is 352 g/mol. The molecule has 3 rings (SSSR count). The third kappa shape index (κ3) is 5.07. The van der Waals surface area contributed by atoms with Gasteiger partial charge in [-0.1, -0.05) is 42.5 Å². The second-order valence-corrected chi connectivity index (χ2v) is 6.27. The van der Waals surface area contributed by atoms with Gasteiger partial charge in [0.25, 0.3) is 5.91 Å². The number of rotatable bonds is 8. The highest BCUT2D eigenvalue weighted by atomic mass is 16.5. The van der Waals surface area contributed by atoms with E-state index >= 15 is 0 Å². The molecule has 2 aromatic carbocycles. The minimum Gasteiger partial charge on any atom is -0.497 e. The molecule has 0 saturated carbocycles. The number of anilines is 1. The summed E-state index contributed by atoms with van der Waals surface area (Å²) in [4.78, 5) is 23.3. The van der Waals surface area contributed by atoms with E-state index < -0.39 is 0 Å². The summed E-state index contributed by atoms with van der Waals surface area (Å²) in [6.07, 6.45) is 1.60. The first-order chi connectivity index (χ1) is 13.7. The number of amides is 1. The topological polar surface area (TPSA) is 67.4 Å². The Morgan fingerprint density at radius 3 is 2.46 bits per heavy atom. The zero-order valence-corrected chi connectivity index (χ0v) is 16.1. The molecule has 144 valence electrons. The summed E-state index contributed by atoms with van der Waals surface area (Å²) < 4.78 is 5.16. The van der Waals surface area contributed by atoms with Crippen molar-refractivity contribution in [2.45, 2.75) is 20.0 Å². The van der Waals surface area contributed by atoms with Gasteiger partial charge in [-0.05, 0) is 36.2 Å². The van der Waals surface area contributed by atoms with Gasteiger partial charge in [-0.3, -0.25) is 4.79 Å². The number of hydrogen-bond acceptors (Lipinski definition) is 5. The number of carbonyl (C=O) groups is 1. The van der Waals surface area contributed by atoms with Gasteiger partial charge in [0.05, 0.1) is 7.11 Å². The first kappa shape index (κ1) is 19.4. The summed E-state index contributed by atoms with van der Waals surface area (Å²) in [6.45, 7) is 3.68. The zero-order valence-electron chi connectivity index (χ0n) is 16.1. The summed E-state index contributed by atoms with van der Waals surface area (Å²) in [5.74, 6) is 1.13. The molecule has 0 saturated heterocycles. The Hall–Kier alpha value is -3.41. The van der Waals surface area contributed by atoms with Crippen LogP contribution >= 0.6 is 0 Å². The Morgan fingerprint density at radius 1 is 1.04 bits per heavy atom. The van der Waals surface area contributed by atoms with E-state index in [9.17, 15) is 4.79 Å². The molecule has 28 heavy (non-hydrogen) atoms. The average molecular weight is 376 g/mol. The first-order valence-electron chi connectivity index (χ1n) is 9.22. The number of benzene rings is 2. The Balaban J connectivity index is 1.66. The number of carbonyl (C=O) groups excluding carboxylic acids is 1. The normalized spacial score (nSPS) is 10.4. The Labute approximate surface area is 165 Å². The van der Waals surface area contributed by atoms with E-state index in [2.05, 4.69) is 15.3 Å². The van der Waals surface area contributed by atoms with E-state index in [1.165, 1.54) is 0 Å². The maximum Gasteiger partial charge on any atom is 0.272 e. The molecule has 0 unspecified atom stereocenters. The lowest BCUT2D eigenvalue weighted by Crippen LogP contribution is -2.31. The van der Waals surface area contributed by atoms with Gasteiger partial charge in [-0.25, -0.2) is 9.97 Å². The van der Waals surface area contributed by atoms with Crippen LogP contribution in [0.15, 0.2) is 66.9 Å². The molecule has 6 heteroatoms. The third-order valence-corrected chi connectivity index (χ3v) is 4.37. The maximum atomic E-state index is 12.9. The van der Waals surface area contributed by atoms with Gasteiger partial charge in [0.15, 0.2) is 0 Å². The molecular formula is C22H24N4O2. The van der Waals surface area contributed by atoms with E-state index in [1.54, 1.807) is 24.3 Å². The lowest BCUT2D eigenvalue weighted by Gasteiger charge is -2.20. The van der Waals surface area contributed by atoms with Crippen molar-refractivity contribution in [1.82, 2.24) is 14.9 Å². The van der Waals surface area contributed by atoms with Gasteiger partial charge in [-0.15, -0.1) is 0 Å². The van der Waals surface area contributed by atoms with E-state index in [0.29, 0.717) is 31.3 Å². The predicted molar refractivity (Wildman–Crippen MR) is 109 cm³/mol. The zero-order chi connectivity index (χ0) is 19.8. The van der Waals surface area contributed by atoms with Crippen molar-refractivity contribution in [3.05, 3.63) is 83.7 Å². The van der Waals surface area contributed by atoms with Gasteiger partial charge < -0.3 is 15.0 Å². The molecule has 1 heterocycles. The number of nitrogens with one attached hydrogen (secondary N) is 1. The van der Waals surface area contributed by atoms with E-state index in [1.807, 2.05) is 61.5 Å². The van der Waals surface area contributed by atoms with Crippen LogP contribution in [-0.4, -0.2) is 34.4 Å². The van der Waals surface area contributed by atoms with Crippen LogP contribution in [0.4, 0.5) is 5.95 Å². The maximum absolute atomic E-state index is 12.9. The van der Waals surface area contributed by atoms with Crippen LogP contribution in [0.25, 0.3) is 0 Å². The number of hydrogen-bond donors (Lipinski definition) is 1. The minimum atomic E-state index is -0.110. The smallest absolute Gasteiger partial charge is 0.272 e. The molecule has 6 nitrogen and oxygen atoms in total. The average Bonchev–Trinajstić information content (AvgIpc) is 2.77. The SMILES string of the molecule is CCN(Cc1ccccc1)C(=O)c1ccnc(NCc2ccc(OC)cc2)n1. The fourth-order valence-corrected chi connectivity index (χ4v) is 2.78. The Bertz CT molecular complexity index is 898. The number of aromatic nitrogens is 2. The van der Waals surface area contributed by atoms with Crippen LogP contribution in [0.3, 0.4) is 0 Å². The van der Waals surface area contributed by atoms with Gasteiger partial charge in [0.2, 0.25) is 5.95 Å². The molecule has 0 atom stereocenters. The third-order valence-electron chi connectivity index (χ3n) is 4.37. The number of methoxy groups -OCH3 is 1. The highest BCUT2D eigenvalue weighted by molar-refractivity contribution is 5.92. The van der Waals surface area contributed by atoms with Crippen molar-refractivity contribution in [2.24, 2.45) is 0 Å². The van der Waals surface area contributed by atoms with Crippen molar-refractivity contribution in [3.8, 4) is 5.75 Å². The predicted octanol–water partition coefficient (Wildman–Crippen LogP) is 3.76. The highest BCUT2D eigenvalue weighted by Crippen LogP contribution is 2.13. The summed E-state index contributed by atoms with van der Waals surface area (Å²) in [5.41, 5.74) is 2.54. The van der Waals surface area contributed by atoms with Crippen molar-refractivity contribution in [1.29, 1.82) is 0 Å². The molecule has 1 N–H and O–H groups in total. The van der Waals surface area contributed by atoms with Crippen molar-refractivity contribution in [3.63, 3.8) is 0 Å². The van der Waals surface area contributed by atoms with Crippen LogP contribution in [0.5, 0.6) is 5.75 Å². The van der Waals surface area contributed by atoms with E-state index in [-0.39, 0.29) is 5.91 Å². The Morgan fingerprint density at radius 2 is 1.79 bits per heavy atom. The second-order valence-electron chi connectivity index (χ2n) is 6.27. The molecule has 0 radical (unpaired) electrons. The van der Waals surface area contributed by atoms with Crippen molar-refractivity contribution in [2.75, 3.05) is 19.0 Å². The standard InChI is InChI=1S/C22H24N4O2/c1-3-26(16-18-7-5-4-6-8-18)21(27)20-13-14-23-22(25-20)24-15-17-9-11-19(28-2)12-10-17/h4-14H,3,15-16H2,1-2H3,(H,23,24,25). The van der Waals surface area contributed by atoms with Gasteiger partial charge in [-0.2, -0.15) is 0 Å². The molecule has 0 aliphatic heterocycles. The quantitative estimate of drug-likeness (QED) is 0.648. The molecule has 1 amide bonds. The van der Waals surface area contributed by atoms with E-state index in [4.69, 9.17) is 4.74 Å². The molecule has 0 aliphatic carbocycles. The lowest BCUT2D eigenvalue weighted by atomic mass is 10.2. The Kier molecular flexibility index (Phi) is 6.57. The highest BCUT2D eigenvalue weighted by Gasteiger charge is 2.16. The first-order valence-corrected chi connectivity index (χ1v) is 9.22. The van der Waals surface area contributed by atoms with Crippen LogP contribution in [0.2, 0.25) is 0 Å².